The van der Waals surface area contributed by atoms with Crippen LogP contribution in [0.1, 0.15) is 15.9 Å². The number of hydrogen-bond donors (Lipinski definition) is 2. The molecule has 120 valence electrons. The molecule has 2 heterocycles. The molecule has 0 aliphatic heterocycles. The topological polar surface area (TPSA) is 79.8 Å². The molecule has 24 heavy (non-hydrogen) atoms. The lowest BCUT2D eigenvalue weighted by atomic mass is 10.2. The Morgan fingerprint density at radius 2 is 1.75 bits per heavy atom. The van der Waals surface area contributed by atoms with Crippen molar-refractivity contribution in [2.24, 2.45) is 0 Å². The summed E-state index contributed by atoms with van der Waals surface area (Å²) in [5.41, 5.74) is 1.53. The molecule has 3 aromatic rings. The van der Waals surface area contributed by atoms with Gasteiger partial charge in [0.15, 0.2) is 0 Å². The van der Waals surface area contributed by atoms with E-state index in [2.05, 4.69) is 25.6 Å². The molecule has 1 aromatic carbocycles. The molecule has 0 spiro atoms. The first-order valence-corrected chi connectivity index (χ1v) is 7.23. The van der Waals surface area contributed by atoms with Crippen molar-refractivity contribution in [1.29, 1.82) is 0 Å². The summed E-state index contributed by atoms with van der Waals surface area (Å²) in [5, 5.41) is 5.53. The second-order valence-electron chi connectivity index (χ2n) is 4.94. The zero-order chi connectivity index (χ0) is 16.8. The van der Waals surface area contributed by atoms with E-state index in [1.165, 1.54) is 18.5 Å². The van der Waals surface area contributed by atoms with Gasteiger partial charge in [-0.2, -0.15) is 0 Å². The average molecular weight is 323 g/mol. The molecule has 2 aromatic heterocycles. The van der Waals surface area contributed by atoms with Gasteiger partial charge in [-0.3, -0.25) is 9.78 Å². The number of anilines is 2. The third-order valence-corrected chi connectivity index (χ3v) is 3.24. The van der Waals surface area contributed by atoms with Crippen LogP contribution in [0.5, 0.6) is 0 Å². The first-order valence-electron chi connectivity index (χ1n) is 7.23. The SMILES string of the molecule is O=C(NCc1ccncc1)c1cnc(Nc2ccccc2F)nc1. The Bertz CT molecular complexity index is 824. The van der Waals surface area contributed by atoms with Crippen LogP contribution in [0.2, 0.25) is 0 Å². The van der Waals surface area contributed by atoms with Crippen molar-refractivity contribution >= 4 is 17.5 Å². The van der Waals surface area contributed by atoms with Gasteiger partial charge in [0.1, 0.15) is 5.82 Å². The third-order valence-electron chi connectivity index (χ3n) is 3.24. The minimum absolute atomic E-state index is 0.214. The van der Waals surface area contributed by atoms with Gasteiger partial charge in [-0.05, 0) is 29.8 Å². The number of pyridine rings is 1. The number of amides is 1. The molecule has 0 saturated heterocycles. The molecule has 0 fully saturated rings. The number of nitrogens with one attached hydrogen (secondary N) is 2. The lowest BCUT2D eigenvalue weighted by molar-refractivity contribution is 0.0950. The monoisotopic (exact) mass is 323 g/mol. The number of aromatic nitrogens is 3. The van der Waals surface area contributed by atoms with Crippen molar-refractivity contribution in [2.45, 2.75) is 6.54 Å². The van der Waals surface area contributed by atoms with Crippen molar-refractivity contribution in [3.05, 3.63) is 78.1 Å². The first-order chi connectivity index (χ1) is 11.7. The van der Waals surface area contributed by atoms with Crippen LogP contribution < -0.4 is 10.6 Å². The van der Waals surface area contributed by atoms with Crippen molar-refractivity contribution in [1.82, 2.24) is 20.3 Å². The van der Waals surface area contributed by atoms with Gasteiger partial charge in [-0.1, -0.05) is 12.1 Å². The Hall–Kier alpha value is -3.35. The van der Waals surface area contributed by atoms with Crippen LogP contribution in [0, 0.1) is 5.82 Å². The maximum absolute atomic E-state index is 13.6. The van der Waals surface area contributed by atoms with Crippen molar-refractivity contribution < 1.29 is 9.18 Å². The molecule has 2 N–H and O–H groups in total. The number of rotatable bonds is 5. The average Bonchev–Trinajstić information content (AvgIpc) is 2.63. The highest BCUT2D eigenvalue weighted by Gasteiger charge is 2.08. The molecule has 0 unspecified atom stereocenters. The summed E-state index contributed by atoms with van der Waals surface area (Å²) in [4.78, 5) is 24.0. The molecule has 0 radical (unpaired) electrons. The van der Waals surface area contributed by atoms with Crippen LogP contribution in [-0.2, 0) is 6.54 Å². The summed E-state index contributed by atoms with van der Waals surface area (Å²) in [5.74, 6) is -0.477. The van der Waals surface area contributed by atoms with Gasteiger partial charge < -0.3 is 10.6 Å². The Morgan fingerprint density at radius 3 is 2.46 bits per heavy atom. The largest absolute Gasteiger partial charge is 0.348 e. The highest BCUT2D eigenvalue weighted by Crippen LogP contribution is 2.16. The first kappa shape index (κ1) is 15.5. The van der Waals surface area contributed by atoms with Gasteiger partial charge >= 0.3 is 0 Å². The number of nitrogens with zero attached hydrogens (tertiary/aromatic N) is 3. The zero-order valence-corrected chi connectivity index (χ0v) is 12.6. The minimum Gasteiger partial charge on any atom is -0.348 e. The predicted molar refractivity (Wildman–Crippen MR) is 87.1 cm³/mol. The Balaban J connectivity index is 1.61. The highest BCUT2D eigenvalue weighted by atomic mass is 19.1. The van der Waals surface area contributed by atoms with Crippen LogP contribution in [0.25, 0.3) is 0 Å². The molecule has 6 nitrogen and oxygen atoms in total. The highest BCUT2D eigenvalue weighted by molar-refractivity contribution is 5.93. The molecule has 3 rings (SSSR count). The van der Waals surface area contributed by atoms with E-state index in [0.717, 1.165) is 5.56 Å². The number of benzene rings is 1. The maximum Gasteiger partial charge on any atom is 0.254 e. The standard InChI is InChI=1S/C17H14FN5O/c18-14-3-1-2-4-15(14)23-17-21-10-13(11-22-17)16(24)20-9-12-5-7-19-8-6-12/h1-8,10-11H,9H2,(H,20,24)(H,21,22,23). The molecular formula is C17H14FN5O. The van der Waals surface area contributed by atoms with E-state index in [1.807, 2.05) is 12.1 Å². The van der Waals surface area contributed by atoms with E-state index in [1.54, 1.807) is 30.6 Å². The van der Waals surface area contributed by atoms with Gasteiger partial charge in [-0.25, -0.2) is 14.4 Å². The van der Waals surface area contributed by atoms with E-state index < -0.39 is 5.82 Å². The number of carbonyl (C=O) groups is 1. The summed E-state index contributed by atoms with van der Waals surface area (Å²) in [6, 6.07) is 9.84. The number of halogens is 1. The lowest BCUT2D eigenvalue weighted by Crippen LogP contribution is -2.23. The lowest BCUT2D eigenvalue weighted by Gasteiger charge is -2.07. The summed E-state index contributed by atoms with van der Waals surface area (Å²) < 4.78 is 13.6. The number of carbonyl (C=O) groups excluding carboxylic acids is 1. The predicted octanol–water partition coefficient (Wildman–Crippen LogP) is 2.68. The van der Waals surface area contributed by atoms with Crippen LogP contribution in [-0.4, -0.2) is 20.9 Å². The number of para-hydroxylation sites is 1. The Kier molecular flexibility index (Phi) is 4.71. The molecule has 0 atom stereocenters. The van der Waals surface area contributed by atoms with Crippen LogP contribution >= 0.6 is 0 Å². The second kappa shape index (κ2) is 7.28. The normalized spacial score (nSPS) is 10.2. The molecule has 0 saturated carbocycles. The van der Waals surface area contributed by atoms with Crippen LogP contribution in [0.4, 0.5) is 16.0 Å². The smallest absolute Gasteiger partial charge is 0.254 e. The van der Waals surface area contributed by atoms with E-state index >= 15 is 0 Å². The zero-order valence-electron chi connectivity index (χ0n) is 12.6. The van der Waals surface area contributed by atoms with Crippen LogP contribution in [0.3, 0.4) is 0 Å². The van der Waals surface area contributed by atoms with Gasteiger partial charge in [0.2, 0.25) is 5.95 Å². The second-order valence-corrected chi connectivity index (χ2v) is 4.94. The van der Waals surface area contributed by atoms with E-state index in [-0.39, 0.29) is 17.5 Å². The van der Waals surface area contributed by atoms with Crippen LogP contribution in [0.15, 0.2) is 61.2 Å². The summed E-state index contributed by atoms with van der Waals surface area (Å²) >= 11 is 0. The van der Waals surface area contributed by atoms with E-state index in [9.17, 15) is 9.18 Å². The molecule has 1 amide bonds. The molecular weight excluding hydrogens is 309 g/mol. The van der Waals surface area contributed by atoms with Crippen molar-refractivity contribution in [3.63, 3.8) is 0 Å². The van der Waals surface area contributed by atoms with Crippen molar-refractivity contribution in [3.8, 4) is 0 Å². The van der Waals surface area contributed by atoms with Gasteiger partial charge in [0, 0.05) is 31.3 Å². The molecule has 0 aliphatic rings. The fraction of sp³-hybridized carbons (Fsp3) is 0.0588. The van der Waals surface area contributed by atoms with Gasteiger partial charge in [0.25, 0.3) is 5.91 Å². The minimum atomic E-state index is -0.403. The third kappa shape index (κ3) is 3.89. The van der Waals surface area contributed by atoms with Gasteiger partial charge in [0.05, 0.1) is 11.3 Å². The summed E-state index contributed by atoms with van der Waals surface area (Å²) in [6.45, 7) is 0.385. The Morgan fingerprint density at radius 1 is 1.04 bits per heavy atom. The summed E-state index contributed by atoms with van der Waals surface area (Å²) in [6.07, 6.45) is 6.09. The fourth-order valence-electron chi connectivity index (χ4n) is 1.98. The van der Waals surface area contributed by atoms with Gasteiger partial charge in [-0.15, -0.1) is 0 Å². The van der Waals surface area contributed by atoms with E-state index in [0.29, 0.717) is 12.1 Å². The molecule has 0 aliphatic carbocycles. The molecule has 7 heteroatoms. The maximum atomic E-state index is 13.6. The van der Waals surface area contributed by atoms with E-state index in [4.69, 9.17) is 0 Å². The number of hydrogen-bond acceptors (Lipinski definition) is 5. The fourth-order valence-corrected chi connectivity index (χ4v) is 1.98. The van der Waals surface area contributed by atoms with Crippen molar-refractivity contribution in [2.75, 3.05) is 5.32 Å². The summed E-state index contributed by atoms with van der Waals surface area (Å²) in [7, 11) is 0. The Labute approximate surface area is 137 Å². The molecule has 0 bridgehead atoms. The quantitative estimate of drug-likeness (QED) is 0.754.